The van der Waals surface area contributed by atoms with E-state index in [1.165, 1.54) is 0 Å². The lowest BCUT2D eigenvalue weighted by Gasteiger charge is -2.25. The van der Waals surface area contributed by atoms with Crippen LogP contribution in [0.2, 0.25) is 0 Å². The van der Waals surface area contributed by atoms with E-state index < -0.39 is 0 Å². The predicted octanol–water partition coefficient (Wildman–Crippen LogP) is 3.14. The number of anilines is 1. The molecule has 1 rings (SSSR count). The van der Waals surface area contributed by atoms with Gasteiger partial charge in [0.25, 0.3) is 0 Å². The zero-order valence-corrected chi connectivity index (χ0v) is 12.4. The summed E-state index contributed by atoms with van der Waals surface area (Å²) in [4.78, 5) is 8.95. The smallest absolute Gasteiger partial charge is 0.133 e. The summed E-state index contributed by atoms with van der Waals surface area (Å²) in [5, 5.41) is 3.33. The van der Waals surface area contributed by atoms with Gasteiger partial charge in [-0.3, -0.25) is 0 Å². The van der Waals surface area contributed by atoms with Gasteiger partial charge in [0.1, 0.15) is 11.6 Å². The van der Waals surface area contributed by atoms with Crippen molar-refractivity contribution in [2.75, 3.05) is 18.5 Å². The third-order valence-electron chi connectivity index (χ3n) is 2.62. The third-order valence-corrected chi connectivity index (χ3v) is 2.62. The summed E-state index contributed by atoms with van der Waals surface area (Å²) < 4.78 is 5.65. The van der Waals surface area contributed by atoms with E-state index in [9.17, 15) is 0 Å². The normalized spacial score (nSPS) is 11.9. The van der Waals surface area contributed by atoms with E-state index in [1.54, 1.807) is 0 Å². The van der Waals surface area contributed by atoms with Crippen LogP contribution >= 0.6 is 0 Å². The first-order chi connectivity index (χ1) is 8.34. The van der Waals surface area contributed by atoms with Crippen molar-refractivity contribution in [1.82, 2.24) is 9.97 Å². The molecule has 1 heterocycles. The van der Waals surface area contributed by atoms with Crippen LogP contribution in [-0.4, -0.2) is 28.7 Å². The van der Waals surface area contributed by atoms with Crippen LogP contribution in [0.15, 0.2) is 6.07 Å². The fraction of sp³-hybridized carbons (Fsp3) is 0.714. The molecule has 18 heavy (non-hydrogen) atoms. The topological polar surface area (TPSA) is 47.0 Å². The lowest BCUT2D eigenvalue weighted by molar-refractivity contribution is 0.000636. The Morgan fingerprint density at radius 3 is 2.56 bits per heavy atom. The van der Waals surface area contributed by atoms with Crippen LogP contribution in [0.5, 0.6) is 0 Å². The molecule has 0 unspecified atom stereocenters. The number of aryl methyl sites for hydroxylation is 1. The number of nitrogens with zero attached hydrogens (tertiary/aromatic N) is 2. The van der Waals surface area contributed by atoms with E-state index in [1.807, 2.05) is 19.9 Å². The van der Waals surface area contributed by atoms with Gasteiger partial charge in [0.2, 0.25) is 0 Å². The van der Waals surface area contributed by atoms with Gasteiger partial charge in [-0.05, 0) is 27.7 Å². The van der Waals surface area contributed by atoms with Crippen molar-refractivity contribution < 1.29 is 4.74 Å². The highest BCUT2D eigenvalue weighted by Gasteiger charge is 2.17. The molecule has 4 heteroatoms. The SMILES string of the molecule is CCOC(C)(C)CNc1cc(C)nc(C(C)C)n1. The molecule has 1 aromatic heterocycles. The van der Waals surface area contributed by atoms with E-state index in [2.05, 4.69) is 43.0 Å². The minimum Gasteiger partial charge on any atom is -0.374 e. The second kappa shape index (κ2) is 6.14. The summed E-state index contributed by atoms with van der Waals surface area (Å²) in [5.74, 6) is 2.09. The van der Waals surface area contributed by atoms with E-state index in [-0.39, 0.29) is 5.60 Å². The Hall–Kier alpha value is -1.16. The molecule has 0 bridgehead atoms. The molecule has 0 aliphatic rings. The number of hydrogen-bond donors (Lipinski definition) is 1. The van der Waals surface area contributed by atoms with Crippen molar-refractivity contribution >= 4 is 5.82 Å². The van der Waals surface area contributed by atoms with E-state index in [4.69, 9.17) is 4.74 Å². The summed E-state index contributed by atoms with van der Waals surface area (Å²) in [5.41, 5.74) is 0.802. The van der Waals surface area contributed by atoms with Crippen LogP contribution in [0.1, 0.15) is 52.1 Å². The average molecular weight is 251 g/mol. The van der Waals surface area contributed by atoms with Gasteiger partial charge >= 0.3 is 0 Å². The largest absolute Gasteiger partial charge is 0.374 e. The monoisotopic (exact) mass is 251 g/mol. The van der Waals surface area contributed by atoms with Gasteiger partial charge < -0.3 is 10.1 Å². The molecule has 0 saturated heterocycles. The van der Waals surface area contributed by atoms with Crippen LogP contribution in [-0.2, 0) is 4.74 Å². The molecule has 0 fully saturated rings. The second-order valence-electron chi connectivity index (χ2n) is 5.45. The molecule has 0 spiro atoms. The first-order valence-corrected chi connectivity index (χ1v) is 6.57. The summed E-state index contributed by atoms with van der Waals surface area (Å²) in [6, 6.07) is 1.97. The predicted molar refractivity (Wildman–Crippen MR) is 75.1 cm³/mol. The van der Waals surface area contributed by atoms with Gasteiger partial charge in [0.05, 0.1) is 5.60 Å². The van der Waals surface area contributed by atoms with Crippen molar-refractivity contribution in [2.24, 2.45) is 0 Å². The fourth-order valence-electron chi connectivity index (χ4n) is 1.69. The standard InChI is InChI=1S/C14H25N3O/c1-7-18-14(5,6)9-15-12-8-11(4)16-13(17-12)10(2)3/h8,10H,7,9H2,1-6H3,(H,15,16,17). The molecule has 4 nitrogen and oxygen atoms in total. The molecule has 0 amide bonds. The Kier molecular flexibility index (Phi) is 5.08. The number of nitrogens with one attached hydrogen (secondary N) is 1. The van der Waals surface area contributed by atoms with Crippen molar-refractivity contribution in [3.05, 3.63) is 17.6 Å². The molecule has 0 saturated carbocycles. The minimum absolute atomic E-state index is 0.189. The van der Waals surface area contributed by atoms with Crippen LogP contribution < -0.4 is 5.32 Å². The maximum Gasteiger partial charge on any atom is 0.133 e. The lowest BCUT2D eigenvalue weighted by Crippen LogP contribution is -2.33. The third kappa shape index (κ3) is 4.61. The Morgan fingerprint density at radius 2 is 2.00 bits per heavy atom. The molecule has 1 N–H and O–H groups in total. The molecular formula is C14H25N3O. The van der Waals surface area contributed by atoms with Crippen LogP contribution in [0.4, 0.5) is 5.82 Å². The highest BCUT2D eigenvalue weighted by atomic mass is 16.5. The molecule has 0 aliphatic heterocycles. The molecule has 0 aromatic carbocycles. The summed E-state index contributed by atoms with van der Waals surface area (Å²) >= 11 is 0. The summed E-state index contributed by atoms with van der Waals surface area (Å²) in [6.07, 6.45) is 0. The number of hydrogen-bond acceptors (Lipinski definition) is 4. The first kappa shape index (κ1) is 14.9. The van der Waals surface area contributed by atoms with Crippen LogP contribution in [0, 0.1) is 6.92 Å². The van der Waals surface area contributed by atoms with Crippen molar-refractivity contribution in [3.8, 4) is 0 Å². The van der Waals surface area contributed by atoms with E-state index >= 15 is 0 Å². The summed E-state index contributed by atoms with van der Waals surface area (Å²) in [7, 11) is 0. The average Bonchev–Trinajstić information content (AvgIpc) is 2.26. The maximum absolute atomic E-state index is 5.65. The Morgan fingerprint density at radius 1 is 1.33 bits per heavy atom. The van der Waals surface area contributed by atoms with Gasteiger partial charge in [0, 0.05) is 30.8 Å². The van der Waals surface area contributed by atoms with E-state index in [0.717, 1.165) is 23.9 Å². The van der Waals surface area contributed by atoms with Gasteiger partial charge in [-0.15, -0.1) is 0 Å². The molecular weight excluding hydrogens is 226 g/mol. The minimum atomic E-state index is -0.189. The van der Waals surface area contributed by atoms with Gasteiger partial charge in [-0.25, -0.2) is 9.97 Å². The number of aromatic nitrogens is 2. The number of rotatable bonds is 6. The van der Waals surface area contributed by atoms with Crippen molar-refractivity contribution in [2.45, 2.75) is 53.1 Å². The zero-order chi connectivity index (χ0) is 13.8. The van der Waals surface area contributed by atoms with Crippen molar-refractivity contribution in [3.63, 3.8) is 0 Å². The Labute approximate surface area is 110 Å². The highest BCUT2D eigenvalue weighted by Crippen LogP contribution is 2.15. The van der Waals surface area contributed by atoms with Crippen LogP contribution in [0.25, 0.3) is 0 Å². The highest BCUT2D eigenvalue weighted by molar-refractivity contribution is 5.36. The quantitative estimate of drug-likeness (QED) is 0.843. The second-order valence-corrected chi connectivity index (χ2v) is 5.45. The molecule has 1 aromatic rings. The molecule has 102 valence electrons. The number of ether oxygens (including phenoxy) is 1. The Balaban J connectivity index is 2.73. The van der Waals surface area contributed by atoms with Gasteiger partial charge in [0.15, 0.2) is 0 Å². The zero-order valence-electron chi connectivity index (χ0n) is 12.4. The van der Waals surface area contributed by atoms with Crippen molar-refractivity contribution in [1.29, 1.82) is 0 Å². The van der Waals surface area contributed by atoms with Gasteiger partial charge in [-0.1, -0.05) is 13.8 Å². The Bertz CT molecular complexity index is 389. The van der Waals surface area contributed by atoms with E-state index in [0.29, 0.717) is 12.5 Å². The molecule has 0 atom stereocenters. The first-order valence-electron chi connectivity index (χ1n) is 6.57. The van der Waals surface area contributed by atoms with Crippen LogP contribution in [0.3, 0.4) is 0 Å². The molecule has 0 radical (unpaired) electrons. The fourth-order valence-corrected chi connectivity index (χ4v) is 1.69. The molecule has 0 aliphatic carbocycles. The summed E-state index contributed by atoms with van der Waals surface area (Å²) in [6.45, 7) is 13.8. The maximum atomic E-state index is 5.65. The van der Waals surface area contributed by atoms with Gasteiger partial charge in [-0.2, -0.15) is 0 Å². The lowest BCUT2D eigenvalue weighted by atomic mass is 10.1.